The third-order valence-electron chi connectivity index (χ3n) is 3.14. The Balaban J connectivity index is 2.40. The first-order chi connectivity index (χ1) is 10.9. The molecular formula is C17H17FO4S. The first-order valence-corrected chi connectivity index (χ1v) is 8.48. The molecule has 0 aliphatic rings. The minimum atomic E-state index is -4.71. The quantitative estimate of drug-likeness (QED) is 0.636. The van der Waals surface area contributed by atoms with Gasteiger partial charge in [-0.3, -0.25) is 4.55 Å². The summed E-state index contributed by atoms with van der Waals surface area (Å²) >= 11 is 0. The molecule has 0 aromatic heterocycles. The van der Waals surface area contributed by atoms with Crippen LogP contribution in [0, 0.1) is 5.82 Å². The van der Waals surface area contributed by atoms with Gasteiger partial charge in [0.05, 0.1) is 0 Å². The molecule has 2 aromatic carbocycles. The van der Waals surface area contributed by atoms with Crippen molar-refractivity contribution in [1.29, 1.82) is 0 Å². The molecular weight excluding hydrogens is 319 g/mol. The zero-order valence-electron chi connectivity index (χ0n) is 12.6. The van der Waals surface area contributed by atoms with Crippen molar-refractivity contribution in [2.24, 2.45) is 0 Å². The van der Waals surface area contributed by atoms with Gasteiger partial charge in [0.25, 0.3) is 0 Å². The molecule has 1 N–H and O–H groups in total. The monoisotopic (exact) mass is 336 g/mol. The van der Waals surface area contributed by atoms with Crippen LogP contribution in [0.2, 0.25) is 0 Å². The average molecular weight is 336 g/mol. The largest absolute Gasteiger partial charge is 0.446 e. The Morgan fingerprint density at radius 1 is 1.13 bits per heavy atom. The maximum absolute atomic E-state index is 14.2. The molecule has 0 heterocycles. The van der Waals surface area contributed by atoms with Gasteiger partial charge in [-0.1, -0.05) is 55.8 Å². The molecule has 2 aromatic rings. The van der Waals surface area contributed by atoms with E-state index in [1.807, 2.05) is 37.3 Å². The van der Waals surface area contributed by atoms with Gasteiger partial charge < -0.3 is 4.18 Å². The third-order valence-corrected chi connectivity index (χ3v) is 3.53. The highest BCUT2D eigenvalue weighted by molar-refractivity contribution is 7.81. The lowest BCUT2D eigenvalue weighted by Crippen LogP contribution is -2.09. The fourth-order valence-electron chi connectivity index (χ4n) is 2.16. The van der Waals surface area contributed by atoms with Gasteiger partial charge in [0, 0.05) is 5.56 Å². The standard InChI is InChI=1S/C17H17FO4S/c1-2-6-15-16(18)11-14(12-17(15)22-23(19,20)21)10-9-13-7-4-3-5-8-13/h3-5,7-12H,2,6H2,1H3,(H,19,20,21). The van der Waals surface area contributed by atoms with E-state index in [2.05, 4.69) is 4.18 Å². The predicted molar refractivity (Wildman–Crippen MR) is 87.9 cm³/mol. The van der Waals surface area contributed by atoms with Crippen LogP contribution >= 0.6 is 0 Å². The van der Waals surface area contributed by atoms with Crippen molar-refractivity contribution in [1.82, 2.24) is 0 Å². The number of halogens is 1. The van der Waals surface area contributed by atoms with Crippen molar-refractivity contribution in [3.63, 3.8) is 0 Å². The summed E-state index contributed by atoms with van der Waals surface area (Å²) in [5, 5.41) is 0. The molecule has 2 rings (SSSR count). The summed E-state index contributed by atoms with van der Waals surface area (Å²) in [5.74, 6) is -0.761. The smallest absolute Gasteiger partial charge is 0.361 e. The maximum atomic E-state index is 14.2. The van der Waals surface area contributed by atoms with Gasteiger partial charge in [-0.05, 0) is 29.7 Å². The molecule has 0 fully saturated rings. The highest BCUT2D eigenvalue weighted by atomic mass is 32.3. The molecule has 0 saturated carbocycles. The lowest BCUT2D eigenvalue weighted by Gasteiger charge is -2.10. The Morgan fingerprint density at radius 2 is 1.78 bits per heavy atom. The van der Waals surface area contributed by atoms with Crippen LogP contribution in [0.25, 0.3) is 12.2 Å². The SMILES string of the molecule is CCCc1c(F)cc(C=Cc2ccccc2)cc1OS(=O)(=O)O. The Morgan fingerprint density at radius 3 is 2.39 bits per heavy atom. The Hall–Kier alpha value is -2.18. The Kier molecular flexibility index (Phi) is 5.52. The zero-order chi connectivity index (χ0) is 16.9. The van der Waals surface area contributed by atoms with E-state index in [4.69, 9.17) is 4.55 Å². The van der Waals surface area contributed by atoms with E-state index >= 15 is 0 Å². The summed E-state index contributed by atoms with van der Waals surface area (Å²) in [6.07, 6.45) is 4.33. The van der Waals surface area contributed by atoms with Gasteiger partial charge in [0.1, 0.15) is 5.82 Å². The van der Waals surface area contributed by atoms with Crippen molar-refractivity contribution in [2.45, 2.75) is 19.8 Å². The predicted octanol–water partition coefficient (Wildman–Crippen LogP) is 4.13. The van der Waals surface area contributed by atoms with Crippen LogP contribution in [0.1, 0.15) is 30.0 Å². The second kappa shape index (κ2) is 7.39. The van der Waals surface area contributed by atoms with Crippen molar-refractivity contribution in [2.75, 3.05) is 0 Å². The fraction of sp³-hybridized carbons (Fsp3) is 0.176. The van der Waals surface area contributed by atoms with Gasteiger partial charge in [-0.15, -0.1) is 0 Å². The van der Waals surface area contributed by atoms with E-state index in [9.17, 15) is 12.8 Å². The van der Waals surface area contributed by atoms with Crippen molar-refractivity contribution >= 4 is 22.6 Å². The molecule has 0 aliphatic carbocycles. The highest BCUT2D eigenvalue weighted by Crippen LogP contribution is 2.27. The molecule has 4 nitrogen and oxygen atoms in total. The topological polar surface area (TPSA) is 63.6 Å². The van der Waals surface area contributed by atoms with Crippen LogP contribution in [0.3, 0.4) is 0 Å². The molecule has 0 spiro atoms. The summed E-state index contributed by atoms with van der Waals surface area (Å²) < 4.78 is 49.5. The minimum Gasteiger partial charge on any atom is -0.361 e. The average Bonchev–Trinajstić information content (AvgIpc) is 2.48. The Labute approximate surface area is 135 Å². The van der Waals surface area contributed by atoms with Crippen molar-refractivity contribution < 1.29 is 21.5 Å². The highest BCUT2D eigenvalue weighted by Gasteiger charge is 2.16. The molecule has 23 heavy (non-hydrogen) atoms. The molecule has 6 heteroatoms. The van der Waals surface area contributed by atoms with Crippen LogP contribution in [0.15, 0.2) is 42.5 Å². The summed E-state index contributed by atoms with van der Waals surface area (Å²) in [6.45, 7) is 1.83. The van der Waals surface area contributed by atoms with E-state index in [0.29, 0.717) is 18.4 Å². The number of benzene rings is 2. The molecule has 0 unspecified atom stereocenters. The van der Waals surface area contributed by atoms with Crippen LogP contribution in [0.5, 0.6) is 5.75 Å². The molecule has 0 radical (unpaired) electrons. The maximum Gasteiger partial charge on any atom is 0.446 e. The van der Waals surface area contributed by atoms with Crippen LogP contribution < -0.4 is 4.18 Å². The van der Waals surface area contributed by atoms with E-state index in [-0.39, 0.29) is 11.3 Å². The molecule has 0 aliphatic heterocycles. The van der Waals surface area contributed by atoms with Gasteiger partial charge in [-0.2, -0.15) is 8.42 Å². The van der Waals surface area contributed by atoms with Crippen LogP contribution in [0.4, 0.5) is 4.39 Å². The minimum absolute atomic E-state index is 0.127. The normalized spacial score (nSPS) is 11.8. The number of rotatable bonds is 6. The van der Waals surface area contributed by atoms with E-state index in [0.717, 1.165) is 5.56 Å². The van der Waals surface area contributed by atoms with Gasteiger partial charge in [0.15, 0.2) is 5.75 Å². The third kappa shape index (κ3) is 5.19. The van der Waals surface area contributed by atoms with E-state index < -0.39 is 16.2 Å². The van der Waals surface area contributed by atoms with Crippen LogP contribution in [-0.2, 0) is 16.8 Å². The zero-order valence-corrected chi connectivity index (χ0v) is 13.4. The van der Waals surface area contributed by atoms with E-state index in [1.165, 1.54) is 12.1 Å². The summed E-state index contributed by atoms with van der Waals surface area (Å²) in [4.78, 5) is 0. The number of hydrogen-bond acceptors (Lipinski definition) is 3. The molecule has 0 saturated heterocycles. The van der Waals surface area contributed by atoms with Crippen molar-refractivity contribution in [3.05, 3.63) is 65.0 Å². The number of hydrogen-bond donors (Lipinski definition) is 1. The first kappa shape index (κ1) is 17.2. The summed E-state index contributed by atoms with van der Waals surface area (Å²) in [5.41, 5.74) is 1.48. The lowest BCUT2D eigenvalue weighted by molar-refractivity contribution is 0.383. The second-order valence-electron chi connectivity index (χ2n) is 4.98. The first-order valence-electron chi connectivity index (χ1n) is 7.11. The molecule has 0 bridgehead atoms. The fourth-order valence-corrected chi connectivity index (χ4v) is 2.54. The molecule has 0 atom stereocenters. The summed E-state index contributed by atoms with van der Waals surface area (Å²) in [7, 11) is -4.71. The molecule has 0 amide bonds. The van der Waals surface area contributed by atoms with Gasteiger partial charge in [0.2, 0.25) is 0 Å². The van der Waals surface area contributed by atoms with Gasteiger partial charge >= 0.3 is 10.4 Å². The molecule has 122 valence electrons. The van der Waals surface area contributed by atoms with E-state index in [1.54, 1.807) is 12.2 Å². The van der Waals surface area contributed by atoms with Gasteiger partial charge in [-0.25, -0.2) is 4.39 Å². The Bertz CT molecular complexity index is 799. The summed E-state index contributed by atoms with van der Waals surface area (Å²) in [6, 6.07) is 12.1. The second-order valence-corrected chi connectivity index (χ2v) is 6.01. The van der Waals surface area contributed by atoms with Crippen molar-refractivity contribution in [3.8, 4) is 5.75 Å². The lowest BCUT2D eigenvalue weighted by atomic mass is 10.0. The van der Waals surface area contributed by atoms with Crippen LogP contribution in [-0.4, -0.2) is 13.0 Å².